The average Bonchev–Trinajstić information content (AvgIpc) is 2.81. The summed E-state index contributed by atoms with van der Waals surface area (Å²) in [6.07, 6.45) is 4.30. The summed E-state index contributed by atoms with van der Waals surface area (Å²) in [5.41, 5.74) is 2.26. The number of carbonyl (C=O) groups is 1. The Hall–Kier alpha value is -1.39. The van der Waals surface area contributed by atoms with Crippen molar-refractivity contribution in [3.05, 3.63) is 11.4 Å². The van der Waals surface area contributed by atoms with Crippen molar-refractivity contribution in [3.63, 3.8) is 0 Å². The van der Waals surface area contributed by atoms with Crippen LogP contribution in [0.5, 0.6) is 0 Å². The molecule has 2 aliphatic rings. The summed E-state index contributed by atoms with van der Waals surface area (Å²) < 4.78 is 5.38. The van der Waals surface area contributed by atoms with Crippen LogP contribution >= 0.6 is 0 Å². The monoisotopic (exact) mass is 263 g/mol. The van der Waals surface area contributed by atoms with Gasteiger partial charge in [-0.25, -0.2) is 0 Å². The van der Waals surface area contributed by atoms with Crippen LogP contribution in [0.2, 0.25) is 0 Å². The van der Waals surface area contributed by atoms with E-state index in [9.17, 15) is 4.79 Å². The van der Waals surface area contributed by atoms with E-state index in [4.69, 9.17) is 4.74 Å². The fourth-order valence-corrected chi connectivity index (χ4v) is 3.25. The molecule has 0 bridgehead atoms. The highest BCUT2D eigenvalue weighted by atomic mass is 16.5. The maximum atomic E-state index is 11.5. The zero-order valence-electron chi connectivity index (χ0n) is 11.6. The second kappa shape index (κ2) is 4.94. The molecule has 3 rings (SSSR count). The van der Waals surface area contributed by atoms with E-state index in [0.717, 1.165) is 37.1 Å². The lowest BCUT2D eigenvalue weighted by Crippen LogP contribution is -2.14. The second-order valence-corrected chi connectivity index (χ2v) is 6.07. The molecule has 0 spiro atoms. The number of carbonyl (C=O) groups excluding carboxylic acids is 1. The third-order valence-electron chi connectivity index (χ3n) is 4.53. The number of nitrogens with zero attached hydrogens (tertiary/aromatic N) is 2. The Bertz CT molecular complexity index is 441. The van der Waals surface area contributed by atoms with Crippen LogP contribution < -0.4 is 0 Å². The summed E-state index contributed by atoms with van der Waals surface area (Å²) in [6.45, 7) is 4.36. The molecule has 0 aliphatic heterocycles. The number of H-pyrrole nitrogens is 1. The van der Waals surface area contributed by atoms with E-state index in [1.807, 2.05) is 13.8 Å². The van der Waals surface area contributed by atoms with E-state index in [2.05, 4.69) is 15.4 Å². The number of ether oxygens (including phenoxy) is 1. The molecule has 19 heavy (non-hydrogen) atoms. The van der Waals surface area contributed by atoms with E-state index < -0.39 is 0 Å². The van der Waals surface area contributed by atoms with Gasteiger partial charge >= 0.3 is 5.97 Å². The molecule has 1 aromatic heterocycles. The van der Waals surface area contributed by atoms with E-state index in [1.165, 1.54) is 0 Å². The molecule has 0 aromatic carbocycles. The molecule has 1 aromatic rings. The molecule has 1 fully saturated rings. The molecule has 104 valence electrons. The van der Waals surface area contributed by atoms with Crippen LogP contribution in [0.1, 0.15) is 38.1 Å². The summed E-state index contributed by atoms with van der Waals surface area (Å²) >= 11 is 0. The molecule has 2 unspecified atom stereocenters. The number of aromatic nitrogens is 3. The minimum absolute atomic E-state index is 0.0273. The number of esters is 1. The topological polar surface area (TPSA) is 67.9 Å². The molecule has 0 radical (unpaired) electrons. The molecule has 2 aliphatic carbocycles. The molecule has 0 amide bonds. The van der Waals surface area contributed by atoms with Gasteiger partial charge in [-0.2, -0.15) is 15.4 Å². The first-order valence-corrected chi connectivity index (χ1v) is 7.22. The van der Waals surface area contributed by atoms with Gasteiger partial charge in [0.25, 0.3) is 0 Å². The van der Waals surface area contributed by atoms with Crippen molar-refractivity contribution < 1.29 is 9.53 Å². The quantitative estimate of drug-likeness (QED) is 0.843. The van der Waals surface area contributed by atoms with Gasteiger partial charge in [0.15, 0.2) is 0 Å². The van der Waals surface area contributed by atoms with Gasteiger partial charge in [0.2, 0.25) is 0 Å². The molecule has 5 heteroatoms. The number of nitrogens with one attached hydrogen (secondary N) is 1. The molecule has 1 saturated carbocycles. The van der Waals surface area contributed by atoms with Crippen LogP contribution in [0.4, 0.5) is 0 Å². The first kappa shape index (κ1) is 12.6. The largest absolute Gasteiger partial charge is 0.465 e. The predicted molar refractivity (Wildman–Crippen MR) is 69.3 cm³/mol. The zero-order valence-corrected chi connectivity index (χ0v) is 11.6. The summed E-state index contributed by atoms with van der Waals surface area (Å²) in [7, 11) is 0. The summed E-state index contributed by atoms with van der Waals surface area (Å²) in [5, 5.41) is 11.1. The van der Waals surface area contributed by atoms with Gasteiger partial charge in [0, 0.05) is 0 Å². The molecule has 2 atom stereocenters. The lowest BCUT2D eigenvalue weighted by Gasteiger charge is -2.06. The van der Waals surface area contributed by atoms with Gasteiger partial charge in [-0.15, -0.1) is 0 Å². The van der Waals surface area contributed by atoms with Crippen molar-refractivity contribution in [1.82, 2.24) is 15.4 Å². The number of aromatic amines is 1. The zero-order chi connectivity index (χ0) is 13.4. The minimum atomic E-state index is -0.0749. The molecule has 1 heterocycles. The Morgan fingerprint density at radius 1 is 1.26 bits per heavy atom. The van der Waals surface area contributed by atoms with Gasteiger partial charge in [-0.05, 0) is 43.4 Å². The Morgan fingerprint density at radius 3 is 2.37 bits per heavy atom. The van der Waals surface area contributed by atoms with Crippen LogP contribution in [0.25, 0.3) is 0 Å². The smallest absolute Gasteiger partial charge is 0.308 e. The highest BCUT2D eigenvalue weighted by Crippen LogP contribution is 2.52. The lowest BCUT2D eigenvalue weighted by molar-refractivity contribution is -0.148. The Morgan fingerprint density at radius 2 is 1.84 bits per heavy atom. The Kier molecular flexibility index (Phi) is 3.29. The van der Waals surface area contributed by atoms with Crippen molar-refractivity contribution in [3.8, 4) is 0 Å². The van der Waals surface area contributed by atoms with Crippen LogP contribution in [0.15, 0.2) is 0 Å². The number of fused-ring (bicyclic) bond motifs is 2. The highest BCUT2D eigenvalue weighted by molar-refractivity contribution is 5.71. The van der Waals surface area contributed by atoms with Crippen molar-refractivity contribution in [1.29, 1.82) is 0 Å². The van der Waals surface area contributed by atoms with Crippen LogP contribution in [0.3, 0.4) is 0 Å². The number of hydrogen-bond donors (Lipinski definition) is 1. The Balaban J connectivity index is 1.53. The van der Waals surface area contributed by atoms with Gasteiger partial charge in [0.1, 0.15) is 0 Å². The van der Waals surface area contributed by atoms with Crippen LogP contribution in [0, 0.1) is 23.7 Å². The first-order chi connectivity index (χ1) is 9.16. The third-order valence-corrected chi connectivity index (χ3v) is 4.53. The summed E-state index contributed by atoms with van der Waals surface area (Å²) in [6, 6.07) is 0. The van der Waals surface area contributed by atoms with Gasteiger partial charge in [0.05, 0.1) is 23.9 Å². The molecule has 1 N–H and O–H groups in total. The second-order valence-electron chi connectivity index (χ2n) is 6.07. The predicted octanol–water partition coefficient (Wildman–Crippen LogP) is 1.74. The standard InChI is InChI=1S/C14H21N3O2/c1-8(2)14(18)19-7-11-9-3-5-12-13(16-17-15-12)6-4-10(9)11/h8-11H,3-7H2,1-2H3,(H,15,16,17). The van der Waals surface area contributed by atoms with E-state index in [0.29, 0.717) is 24.4 Å². The SMILES string of the molecule is CC(C)C(=O)OCC1C2CCc3n[nH]nc3CCC21. The molecular weight excluding hydrogens is 242 g/mol. The third kappa shape index (κ3) is 2.51. The van der Waals surface area contributed by atoms with E-state index >= 15 is 0 Å². The Labute approximate surface area is 113 Å². The minimum Gasteiger partial charge on any atom is -0.465 e. The van der Waals surface area contributed by atoms with Crippen molar-refractivity contribution in [2.45, 2.75) is 39.5 Å². The number of hydrogen-bond acceptors (Lipinski definition) is 4. The maximum Gasteiger partial charge on any atom is 0.308 e. The molecule has 0 saturated heterocycles. The summed E-state index contributed by atoms with van der Waals surface area (Å²) in [4.78, 5) is 11.5. The van der Waals surface area contributed by atoms with Gasteiger partial charge in [-0.1, -0.05) is 13.8 Å². The number of aryl methyl sites for hydroxylation is 2. The van der Waals surface area contributed by atoms with Crippen LogP contribution in [-0.4, -0.2) is 28.0 Å². The van der Waals surface area contributed by atoms with Crippen molar-refractivity contribution in [2.75, 3.05) is 6.61 Å². The number of rotatable bonds is 3. The van der Waals surface area contributed by atoms with E-state index in [1.54, 1.807) is 0 Å². The van der Waals surface area contributed by atoms with Gasteiger partial charge in [-0.3, -0.25) is 4.79 Å². The van der Waals surface area contributed by atoms with Crippen LogP contribution in [-0.2, 0) is 22.4 Å². The molecule has 5 nitrogen and oxygen atoms in total. The van der Waals surface area contributed by atoms with Crippen molar-refractivity contribution >= 4 is 5.97 Å². The average molecular weight is 263 g/mol. The first-order valence-electron chi connectivity index (χ1n) is 7.22. The fraction of sp³-hybridized carbons (Fsp3) is 0.786. The van der Waals surface area contributed by atoms with E-state index in [-0.39, 0.29) is 11.9 Å². The van der Waals surface area contributed by atoms with Crippen molar-refractivity contribution in [2.24, 2.45) is 23.7 Å². The maximum absolute atomic E-state index is 11.5. The highest BCUT2D eigenvalue weighted by Gasteiger charge is 2.50. The van der Waals surface area contributed by atoms with Gasteiger partial charge < -0.3 is 4.74 Å². The normalized spacial score (nSPS) is 29.1. The fourth-order valence-electron chi connectivity index (χ4n) is 3.25. The summed E-state index contributed by atoms with van der Waals surface area (Å²) in [5.74, 6) is 1.89. The lowest BCUT2D eigenvalue weighted by atomic mass is 10.0. The molecular formula is C14H21N3O2.